The lowest BCUT2D eigenvalue weighted by molar-refractivity contribution is 0.150. The third kappa shape index (κ3) is 4.91. The van der Waals surface area contributed by atoms with Gasteiger partial charge < -0.3 is 14.6 Å². The van der Waals surface area contributed by atoms with Crippen molar-refractivity contribution in [2.45, 2.75) is 11.5 Å². The largest absolute Gasteiger partial charge is 0.392 e. The van der Waals surface area contributed by atoms with E-state index in [9.17, 15) is 13.5 Å². The van der Waals surface area contributed by atoms with Gasteiger partial charge in [0.25, 0.3) is 0 Å². The van der Waals surface area contributed by atoms with E-state index in [0.29, 0.717) is 10.6 Å². The summed E-state index contributed by atoms with van der Waals surface area (Å²) in [4.78, 5) is 0.0863. The highest BCUT2D eigenvalue weighted by atomic mass is 35.5. The lowest BCUT2D eigenvalue weighted by atomic mass is 10.2. The molecule has 0 radical (unpaired) electrons. The van der Waals surface area contributed by atoms with Gasteiger partial charge in [0, 0.05) is 32.3 Å². The van der Waals surface area contributed by atoms with Gasteiger partial charge in [0.15, 0.2) is 0 Å². The normalized spacial score (nSPS) is 12.0. The number of benzene rings is 1. The molecule has 1 aromatic rings. The van der Waals surface area contributed by atoms with Crippen LogP contribution in [0.5, 0.6) is 0 Å². The molecule has 1 aromatic carbocycles. The van der Waals surface area contributed by atoms with Gasteiger partial charge >= 0.3 is 0 Å². The summed E-state index contributed by atoms with van der Waals surface area (Å²) in [6.45, 7) is 0.684. The first kappa shape index (κ1) is 18.3. The van der Waals surface area contributed by atoms with Crippen LogP contribution >= 0.6 is 11.6 Å². The third-order valence-corrected chi connectivity index (χ3v) is 5.18. The number of ether oxygens (including phenoxy) is 2. The van der Waals surface area contributed by atoms with Crippen LogP contribution in [0.1, 0.15) is 5.56 Å². The zero-order valence-corrected chi connectivity index (χ0v) is 13.7. The highest BCUT2D eigenvalue weighted by Crippen LogP contribution is 2.23. The molecule has 0 fully saturated rings. The molecular weight excluding hydrogens is 318 g/mol. The molecule has 0 saturated heterocycles. The Hall–Kier alpha value is -0.700. The first-order chi connectivity index (χ1) is 9.97. The van der Waals surface area contributed by atoms with Crippen LogP contribution in [0.25, 0.3) is 0 Å². The van der Waals surface area contributed by atoms with E-state index in [0.717, 1.165) is 0 Å². The predicted octanol–water partition coefficient (Wildman–Crippen LogP) is 1.12. The van der Waals surface area contributed by atoms with Crippen LogP contribution < -0.4 is 0 Å². The lowest BCUT2D eigenvalue weighted by Crippen LogP contribution is -2.36. The summed E-state index contributed by atoms with van der Waals surface area (Å²) in [7, 11) is -0.677. The Labute approximate surface area is 130 Å². The molecule has 0 aliphatic carbocycles. The van der Waals surface area contributed by atoms with Crippen molar-refractivity contribution in [3.8, 4) is 0 Å². The molecule has 0 heterocycles. The number of rotatable bonds is 9. The smallest absolute Gasteiger partial charge is 0.243 e. The number of aliphatic hydroxyl groups is 1. The second-order valence-corrected chi connectivity index (χ2v) is 6.65. The van der Waals surface area contributed by atoms with Gasteiger partial charge in [-0.05, 0) is 23.8 Å². The zero-order valence-electron chi connectivity index (χ0n) is 12.1. The van der Waals surface area contributed by atoms with Gasteiger partial charge in [-0.1, -0.05) is 11.6 Å². The Balaban J connectivity index is 3.08. The van der Waals surface area contributed by atoms with Crippen molar-refractivity contribution in [2.24, 2.45) is 0 Å². The molecule has 120 valence electrons. The molecule has 21 heavy (non-hydrogen) atoms. The van der Waals surface area contributed by atoms with Crippen LogP contribution in [-0.2, 0) is 26.1 Å². The fourth-order valence-corrected chi connectivity index (χ4v) is 3.36. The quantitative estimate of drug-likeness (QED) is 0.730. The van der Waals surface area contributed by atoms with Crippen LogP contribution in [0, 0.1) is 0 Å². The Morgan fingerprint density at radius 3 is 2.24 bits per heavy atom. The Morgan fingerprint density at radius 2 is 1.76 bits per heavy atom. The van der Waals surface area contributed by atoms with E-state index in [1.807, 2.05) is 0 Å². The number of nitrogens with zero attached hydrogens (tertiary/aromatic N) is 1. The fraction of sp³-hybridized carbons (Fsp3) is 0.538. The first-order valence-corrected chi connectivity index (χ1v) is 8.16. The maximum Gasteiger partial charge on any atom is 0.243 e. The molecule has 8 heteroatoms. The molecule has 1 rings (SSSR count). The van der Waals surface area contributed by atoms with Gasteiger partial charge in [0.05, 0.1) is 24.7 Å². The van der Waals surface area contributed by atoms with E-state index in [4.69, 9.17) is 21.1 Å². The Bertz CT molecular complexity index is 541. The van der Waals surface area contributed by atoms with Crippen molar-refractivity contribution >= 4 is 21.6 Å². The summed E-state index contributed by atoms with van der Waals surface area (Å²) >= 11 is 5.88. The highest BCUT2D eigenvalue weighted by Gasteiger charge is 2.24. The van der Waals surface area contributed by atoms with E-state index < -0.39 is 10.0 Å². The van der Waals surface area contributed by atoms with Crippen LogP contribution in [0.15, 0.2) is 23.1 Å². The summed E-state index contributed by atoms with van der Waals surface area (Å²) in [5.41, 5.74) is 0.371. The van der Waals surface area contributed by atoms with Crippen molar-refractivity contribution < 1.29 is 23.0 Å². The number of sulfonamides is 1. The summed E-state index contributed by atoms with van der Waals surface area (Å²) in [5, 5.41) is 9.53. The van der Waals surface area contributed by atoms with E-state index in [1.54, 1.807) is 0 Å². The molecule has 6 nitrogen and oxygen atoms in total. The molecular formula is C13H20ClNO5S. The second kappa shape index (κ2) is 8.67. The predicted molar refractivity (Wildman–Crippen MR) is 79.9 cm³/mol. The van der Waals surface area contributed by atoms with Crippen molar-refractivity contribution in [3.63, 3.8) is 0 Å². The monoisotopic (exact) mass is 337 g/mol. The van der Waals surface area contributed by atoms with E-state index in [2.05, 4.69) is 0 Å². The number of methoxy groups -OCH3 is 2. The zero-order chi connectivity index (χ0) is 15.9. The van der Waals surface area contributed by atoms with Crippen molar-refractivity contribution in [1.82, 2.24) is 4.31 Å². The summed E-state index contributed by atoms with van der Waals surface area (Å²) in [6, 6.07) is 4.26. The van der Waals surface area contributed by atoms with Crippen LogP contribution in [0.3, 0.4) is 0 Å². The molecule has 0 aliphatic rings. The number of hydrogen-bond acceptors (Lipinski definition) is 5. The summed E-state index contributed by atoms with van der Waals surface area (Å²) < 4.78 is 36.4. The van der Waals surface area contributed by atoms with E-state index in [-0.39, 0.29) is 37.8 Å². The van der Waals surface area contributed by atoms with E-state index in [1.165, 1.54) is 36.7 Å². The molecule has 0 saturated carbocycles. The van der Waals surface area contributed by atoms with Gasteiger partial charge in [-0.3, -0.25) is 0 Å². The van der Waals surface area contributed by atoms with Crippen molar-refractivity contribution in [3.05, 3.63) is 28.8 Å². The number of hydrogen-bond donors (Lipinski definition) is 1. The number of halogens is 1. The molecule has 0 amide bonds. The molecule has 0 unspecified atom stereocenters. The fourth-order valence-electron chi connectivity index (χ4n) is 1.72. The van der Waals surface area contributed by atoms with Crippen molar-refractivity contribution in [2.75, 3.05) is 40.5 Å². The maximum atomic E-state index is 12.6. The summed E-state index contributed by atoms with van der Waals surface area (Å²) in [6.07, 6.45) is 0. The molecule has 0 spiro atoms. The van der Waals surface area contributed by atoms with Crippen LogP contribution in [-0.4, -0.2) is 58.4 Å². The first-order valence-electron chi connectivity index (χ1n) is 6.34. The van der Waals surface area contributed by atoms with Crippen molar-refractivity contribution in [1.29, 1.82) is 0 Å². The molecule has 0 atom stereocenters. The van der Waals surface area contributed by atoms with Gasteiger partial charge in [0.2, 0.25) is 10.0 Å². The minimum Gasteiger partial charge on any atom is -0.392 e. The minimum absolute atomic E-state index is 0.0863. The maximum absolute atomic E-state index is 12.6. The van der Waals surface area contributed by atoms with Crippen LogP contribution in [0.4, 0.5) is 0 Å². The van der Waals surface area contributed by atoms with E-state index >= 15 is 0 Å². The molecule has 1 N–H and O–H groups in total. The highest BCUT2D eigenvalue weighted by molar-refractivity contribution is 7.89. The minimum atomic E-state index is -3.69. The number of aliphatic hydroxyl groups excluding tert-OH is 1. The average molecular weight is 338 g/mol. The van der Waals surface area contributed by atoms with Gasteiger partial charge in [-0.25, -0.2) is 8.42 Å². The lowest BCUT2D eigenvalue weighted by Gasteiger charge is -2.22. The van der Waals surface area contributed by atoms with Crippen LogP contribution in [0.2, 0.25) is 5.02 Å². The summed E-state index contributed by atoms with van der Waals surface area (Å²) in [5.74, 6) is 0. The third-order valence-electron chi connectivity index (χ3n) is 2.91. The molecule has 0 bridgehead atoms. The average Bonchev–Trinajstić information content (AvgIpc) is 2.47. The Morgan fingerprint density at radius 1 is 1.19 bits per heavy atom. The van der Waals surface area contributed by atoms with Gasteiger partial charge in [-0.2, -0.15) is 4.31 Å². The Kier molecular flexibility index (Phi) is 7.58. The topological polar surface area (TPSA) is 76.1 Å². The van der Waals surface area contributed by atoms with Gasteiger partial charge in [-0.15, -0.1) is 0 Å². The second-order valence-electron chi connectivity index (χ2n) is 4.30. The molecule has 0 aliphatic heterocycles. The van der Waals surface area contributed by atoms with Gasteiger partial charge in [0.1, 0.15) is 0 Å². The molecule has 0 aromatic heterocycles. The SMILES string of the molecule is COCCN(CCOC)S(=O)(=O)c1ccc(Cl)c(CO)c1. The standard InChI is InChI=1S/C13H20ClNO5S/c1-19-7-5-15(6-8-20-2)21(17,18)12-3-4-13(14)11(9-12)10-16/h3-4,9,16H,5-8,10H2,1-2H3.